The number of esters is 2. The topological polar surface area (TPSA) is 84.9 Å². The minimum atomic E-state index is -0.843. The summed E-state index contributed by atoms with van der Waals surface area (Å²) in [7, 11) is 0. The lowest BCUT2D eigenvalue weighted by Crippen LogP contribution is -2.39. The fourth-order valence-electron chi connectivity index (χ4n) is 5.48. The zero-order chi connectivity index (χ0) is 30.6. The van der Waals surface area contributed by atoms with Gasteiger partial charge in [0, 0.05) is 29.4 Å². The average Bonchev–Trinajstić information content (AvgIpc) is 2.94. The summed E-state index contributed by atoms with van der Waals surface area (Å²) < 4.78 is 24.5. The smallest absolute Gasteiger partial charge is 0.337 e. The molecule has 0 spiro atoms. The zero-order valence-corrected chi connectivity index (χ0v) is 25.7. The SMILES string of the molecule is CC1=C(C(=O)OCCN2CCC(C(=O)c3ccc(F)cc3)CC2)C(c2cccc(Cl)c2Cl)C(C(=O)OC(C)C)=C(C)N1. The molecule has 1 atom stereocenters. The van der Waals surface area contributed by atoms with Crippen molar-refractivity contribution in [1.82, 2.24) is 10.2 Å². The summed E-state index contributed by atoms with van der Waals surface area (Å²) >= 11 is 12.9. The highest BCUT2D eigenvalue weighted by molar-refractivity contribution is 6.42. The number of allylic oxidation sites excluding steroid dienone is 2. The third kappa shape index (κ3) is 7.22. The van der Waals surface area contributed by atoms with Gasteiger partial charge in [-0.25, -0.2) is 14.0 Å². The lowest BCUT2D eigenvalue weighted by atomic mass is 9.80. The Balaban J connectivity index is 1.44. The van der Waals surface area contributed by atoms with E-state index in [9.17, 15) is 18.8 Å². The van der Waals surface area contributed by atoms with Crippen molar-refractivity contribution in [2.45, 2.75) is 52.6 Å². The first-order valence-corrected chi connectivity index (χ1v) is 14.8. The van der Waals surface area contributed by atoms with Crippen LogP contribution in [0.2, 0.25) is 10.0 Å². The van der Waals surface area contributed by atoms with Gasteiger partial charge in [0.05, 0.1) is 33.2 Å². The molecule has 0 bridgehead atoms. The number of nitrogens with one attached hydrogen (secondary N) is 1. The molecule has 0 saturated carbocycles. The second-order valence-corrected chi connectivity index (χ2v) is 11.6. The van der Waals surface area contributed by atoms with Crippen LogP contribution in [0.3, 0.4) is 0 Å². The summed E-state index contributed by atoms with van der Waals surface area (Å²) in [6.07, 6.45) is 0.962. The van der Waals surface area contributed by atoms with Crippen LogP contribution in [0, 0.1) is 11.7 Å². The Morgan fingerprint density at radius 3 is 2.21 bits per heavy atom. The van der Waals surface area contributed by atoms with Gasteiger partial charge in [-0.1, -0.05) is 35.3 Å². The Morgan fingerprint density at radius 2 is 1.60 bits per heavy atom. The van der Waals surface area contributed by atoms with Gasteiger partial charge in [0.25, 0.3) is 0 Å². The average molecular weight is 618 g/mol. The molecule has 7 nitrogen and oxygen atoms in total. The Morgan fingerprint density at radius 1 is 0.976 bits per heavy atom. The van der Waals surface area contributed by atoms with Gasteiger partial charge < -0.3 is 14.8 Å². The van der Waals surface area contributed by atoms with Gasteiger partial charge >= 0.3 is 11.9 Å². The number of benzene rings is 2. The second kappa shape index (κ2) is 13.8. The normalized spacial score (nSPS) is 18.2. The lowest BCUT2D eigenvalue weighted by molar-refractivity contribution is -0.143. The maximum atomic E-state index is 13.6. The number of ether oxygens (including phenoxy) is 2. The van der Waals surface area contributed by atoms with E-state index >= 15 is 0 Å². The second-order valence-electron chi connectivity index (χ2n) is 10.9. The van der Waals surface area contributed by atoms with E-state index in [1.165, 1.54) is 24.3 Å². The van der Waals surface area contributed by atoms with Crippen molar-refractivity contribution in [3.05, 3.63) is 92.0 Å². The first-order chi connectivity index (χ1) is 20.0. The van der Waals surface area contributed by atoms with Crippen LogP contribution in [0.1, 0.15) is 62.4 Å². The van der Waals surface area contributed by atoms with Gasteiger partial charge in [0.1, 0.15) is 12.4 Å². The molecule has 0 aromatic heterocycles. The van der Waals surface area contributed by atoms with Crippen molar-refractivity contribution in [3.63, 3.8) is 0 Å². The van der Waals surface area contributed by atoms with Crippen LogP contribution in [-0.2, 0) is 19.1 Å². The quantitative estimate of drug-likeness (QED) is 0.256. The van der Waals surface area contributed by atoms with Crippen molar-refractivity contribution in [3.8, 4) is 0 Å². The van der Waals surface area contributed by atoms with Crippen LogP contribution in [0.5, 0.6) is 0 Å². The standard InChI is InChI=1S/C32H35Cl2FN2O5/c1-18(2)42-32(40)27-20(4)36-19(3)26(28(27)24-6-5-7-25(33)29(24)34)31(39)41-17-16-37-14-12-22(13-15-37)30(38)21-8-10-23(35)11-9-21/h5-11,18,22,28,36H,12-17H2,1-4H3. The maximum absolute atomic E-state index is 13.6. The van der Waals surface area contributed by atoms with Crippen LogP contribution in [0.25, 0.3) is 0 Å². The molecular formula is C32H35Cl2FN2O5. The molecule has 2 aliphatic heterocycles. The Kier molecular flexibility index (Phi) is 10.5. The number of Topliss-reactive ketones (excluding diaryl/α,β-unsaturated/α-hetero) is 1. The van der Waals surface area contributed by atoms with Crippen molar-refractivity contribution in [2.75, 3.05) is 26.2 Å². The van der Waals surface area contributed by atoms with E-state index in [-0.39, 0.29) is 46.4 Å². The number of ketones is 1. The van der Waals surface area contributed by atoms with Gasteiger partial charge in [-0.15, -0.1) is 0 Å². The molecule has 0 radical (unpaired) electrons. The summed E-state index contributed by atoms with van der Waals surface area (Å²) in [4.78, 5) is 41.8. The van der Waals surface area contributed by atoms with E-state index in [0.29, 0.717) is 60.0 Å². The Bertz CT molecular complexity index is 1410. The highest BCUT2D eigenvalue weighted by Crippen LogP contribution is 2.43. The number of dihydropyridines is 1. The molecule has 1 fully saturated rings. The van der Waals surface area contributed by atoms with Gasteiger partial charge in [-0.05, 0) is 89.5 Å². The van der Waals surface area contributed by atoms with Gasteiger partial charge in [-0.3, -0.25) is 9.69 Å². The molecule has 42 heavy (non-hydrogen) atoms. The molecule has 10 heteroatoms. The predicted octanol–water partition coefficient (Wildman–Crippen LogP) is 6.46. The lowest BCUT2D eigenvalue weighted by Gasteiger charge is -2.32. The number of piperidine rings is 1. The maximum Gasteiger partial charge on any atom is 0.337 e. The summed E-state index contributed by atoms with van der Waals surface area (Å²) in [5, 5.41) is 3.68. The summed E-state index contributed by atoms with van der Waals surface area (Å²) in [5.74, 6) is -2.46. The number of carbonyl (C=O) groups excluding carboxylic acids is 3. The summed E-state index contributed by atoms with van der Waals surface area (Å²) in [6, 6.07) is 10.7. The van der Waals surface area contributed by atoms with Gasteiger partial charge in [0.15, 0.2) is 5.78 Å². The van der Waals surface area contributed by atoms with E-state index in [1.54, 1.807) is 45.9 Å². The molecule has 4 rings (SSSR count). The molecule has 1 unspecified atom stereocenters. The van der Waals surface area contributed by atoms with Crippen LogP contribution < -0.4 is 5.32 Å². The summed E-state index contributed by atoms with van der Waals surface area (Å²) in [5.41, 5.74) is 2.62. The molecule has 0 aliphatic carbocycles. The minimum Gasteiger partial charge on any atom is -0.461 e. The van der Waals surface area contributed by atoms with Gasteiger partial charge in [-0.2, -0.15) is 0 Å². The predicted molar refractivity (Wildman–Crippen MR) is 160 cm³/mol. The monoisotopic (exact) mass is 616 g/mol. The highest BCUT2D eigenvalue weighted by atomic mass is 35.5. The van der Waals surface area contributed by atoms with Crippen LogP contribution >= 0.6 is 23.2 Å². The van der Waals surface area contributed by atoms with Crippen molar-refractivity contribution < 1.29 is 28.2 Å². The van der Waals surface area contributed by atoms with Crippen LogP contribution in [0.4, 0.5) is 4.39 Å². The first-order valence-electron chi connectivity index (χ1n) is 14.0. The molecule has 224 valence electrons. The van der Waals surface area contributed by atoms with Crippen molar-refractivity contribution >= 4 is 40.9 Å². The number of hydrogen-bond acceptors (Lipinski definition) is 7. The number of carbonyl (C=O) groups is 3. The highest BCUT2D eigenvalue weighted by Gasteiger charge is 2.39. The van der Waals surface area contributed by atoms with E-state index < -0.39 is 17.9 Å². The number of hydrogen-bond donors (Lipinski definition) is 1. The van der Waals surface area contributed by atoms with E-state index in [2.05, 4.69) is 10.2 Å². The molecule has 1 N–H and O–H groups in total. The first kappa shape index (κ1) is 31.7. The third-order valence-electron chi connectivity index (χ3n) is 7.56. The van der Waals surface area contributed by atoms with Crippen molar-refractivity contribution in [2.24, 2.45) is 5.92 Å². The van der Waals surface area contributed by atoms with Crippen LogP contribution in [-0.4, -0.2) is 55.0 Å². The molecule has 2 heterocycles. The van der Waals surface area contributed by atoms with Gasteiger partial charge in [0.2, 0.25) is 0 Å². The van der Waals surface area contributed by atoms with Crippen molar-refractivity contribution in [1.29, 1.82) is 0 Å². The molecule has 0 amide bonds. The third-order valence-corrected chi connectivity index (χ3v) is 8.40. The molecule has 1 saturated heterocycles. The fraction of sp³-hybridized carbons (Fsp3) is 0.406. The Hall–Kier alpha value is -3.20. The molecular weight excluding hydrogens is 582 g/mol. The summed E-state index contributed by atoms with van der Waals surface area (Å²) in [6.45, 7) is 8.96. The number of nitrogens with zero attached hydrogens (tertiary/aromatic N) is 1. The Labute approximate surface area is 255 Å². The number of halogens is 3. The van der Waals surface area contributed by atoms with E-state index in [4.69, 9.17) is 32.7 Å². The van der Waals surface area contributed by atoms with Crippen LogP contribution in [0.15, 0.2) is 65.0 Å². The minimum absolute atomic E-state index is 0.0224. The number of likely N-dealkylation sites (tertiary alicyclic amines) is 1. The van der Waals surface area contributed by atoms with E-state index in [0.717, 1.165) is 0 Å². The van der Waals surface area contributed by atoms with E-state index in [1.807, 2.05) is 0 Å². The largest absolute Gasteiger partial charge is 0.461 e. The molecule has 2 aromatic rings. The molecule has 2 aromatic carbocycles. The fourth-order valence-corrected chi connectivity index (χ4v) is 5.90. The zero-order valence-electron chi connectivity index (χ0n) is 24.1. The molecule has 2 aliphatic rings. The number of rotatable bonds is 9.